The molecule has 7 heteroatoms. The molecule has 132 valence electrons. The molecular weight excluding hydrogens is 308 g/mol. The number of urea groups is 1. The van der Waals surface area contributed by atoms with Gasteiger partial charge in [0.2, 0.25) is 0 Å². The standard InChI is InChI=1S/C17H26N4O3/c1-4-18-15(22)13-6-5-12(2)14(9-13)20-16(23)19-10-17(24)7-8-21(3)11-17/h5-6,9,24H,4,7-8,10-11H2,1-3H3,(H,18,22)(H2,19,20,23)/t17-/m0/s1. The summed E-state index contributed by atoms with van der Waals surface area (Å²) in [6, 6.07) is 4.77. The molecule has 1 aliphatic heterocycles. The van der Waals surface area contributed by atoms with Gasteiger partial charge in [0, 0.05) is 37.4 Å². The van der Waals surface area contributed by atoms with Crippen LogP contribution in [0.5, 0.6) is 0 Å². The first-order chi connectivity index (χ1) is 11.3. The quantitative estimate of drug-likeness (QED) is 0.644. The van der Waals surface area contributed by atoms with Crippen molar-refractivity contribution in [2.75, 3.05) is 38.5 Å². The summed E-state index contributed by atoms with van der Waals surface area (Å²) in [5, 5.41) is 18.6. The Morgan fingerprint density at radius 2 is 2.08 bits per heavy atom. The third-order valence-corrected chi connectivity index (χ3v) is 4.19. The molecule has 1 aliphatic rings. The number of benzene rings is 1. The highest BCUT2D eigenvalue weighted by molar-refractivity contribution is 5.97. The summed E-state index contributed by atoms with van der Waals surface area (Å²) in [5.74, 6) is -0.177. The lowest BCUT2D eigenvalue weighted by Gasteiger charge is -2.23. The number of carbonyl (C=O) groups is 2. The minimum Gasteiger partial charge on any atom is -0.387 e. The maximum absolute atomic E-state index is 12.1. The number of amides is 3. The lowest BCUT2D eigenvalue weighted by Crippen LogP contribution is -2.45. The van der Waals surface area contributed by atoms with Gasteiger partial charge in [-0.1, -0.05) is 6.07 Å². The molecule has 4 N–H and O–H groups in total. The molecule has 3 amide bonds. The average molecular weight is 334 g/mol. The fourth-order valence-corrected chi connectivity index (χ4v) is 2.78. The number of nitrogens with one attached hydrogen (secondary N) is 3. The Bertz CT molecular complexity index is 620. The van der Waals surface area contributed by atoms with Crippen LogP contribution >= 0.6 is 0 Å². The topological polar surface area (TPSA) is 93.7 Å². The van der Waals surface area contributed by atoms with E-state index in [1.165, 1.54) is 0 Å². The van der Waals surface area contributed by atoms with Crippen molar-refractivity contribution < 1.29 is 14.7 Å². The molecule has 0 bridgehead atoms. The van der Waals surface area contributed by atoms with E-state index in [-0.39, 0.29) is 12.5 Å². The first kappa shape index (κ1) is 18.2. The molecular formula is C17H26N4O3. The van der Waals surface area contributed by atoms with Crippen molar-refractivity contribution in [1.29, 1.82) is 0 Å². The van der Waals surface area contributed by atoms with Crippen molar-refractivity contribution in [3.63, 3.8) is 0 Å². The fraction of sp³-hybridized carbons (Fsp3) is 0.529. The predicted molar refractivity (Wildman–Crippen MR) is 93.3 cm³/mol. The van der Waals surface area contributed by atoms with E-state index in [0.29, 0.717) is 30.8 Å². The van der Waals surface area contributed by atoms with Crippen LogP contribution in [-0.4, -0.2) is 60.8 Å². The normalized spacial score (nSPS) is 20.7. The van der Waals surface area contributed by atoms with E-state index < -0.39 is 11.6 Å². The summed E-state index contributed by atoms with van der Waals surface area (Å²) in [4.78, 5) is 26.0. The number of hydrogen-bond donors (Lipinski definition) is 4. The summed E-state index contributed by atoms with van der Waals surface area (Å²) in [6.07, 6.45) is 0.634. The monoisotopic (exact) mass is 334 g/mol. The molecule has 0 radical (unpaired) electrons. The average Bonchev–Trinajstić information content (AvgIpc) is 2.87. The fourth-order valence-electron chi connectivity index (χ4n) is 2.78. The number of likely N-dealkylation sites (N-methyl/N-ethyl adjacent to an activating group) is 1. The van der Waals surface area contributed by atoms with Crippen LogP contribution in [0.3, 0.4) is 0 Å². The summed E-state index contributed by atoms with van der Waals surface area (Å²) >= 11 is 0. The van der Waals surface area contributed by atoms with Gasteiger partial charge in [-0.25, -0.2) is 4.79 Å². The molecule has 2 rings (SSSR count). The number of nitrogens with zero attached hydrogens (tertiary/aromatic N) is 1. The Morgan fingerprint density at radius 1 is 1.33 bits per heavy atom. The minimum absolute atomic E-state index is 0.177. The molecule has 1 aromatic carbocycles. The zero-order valence-corrected chi connectivity index (χ0v) is 14.5. The molecule has 0 unspecified atom stereocenters. The Hall–Kier alpha value is -2.12. The summed E-state index contributed by atoms with van der Waals surface area (Å²) in [6.45, 7) is 5.80. The Balaban J connectivity index is 1.96. The van der Waals surface area contributed by atoms with E-state index in [4.69, 9.17) is 0 Å². The second-order valence-electron chi connectivity index (χ2n) is 6.41. The largest absolute Gasteiger partial charge is 0.387 e. The maximum atomic E-state index is 12.1. The highest BCUT2D eigenvalue weighted by Gasteiger charge is 2.34. The van der Waals surface area contributed by atoms with Crippen LogP contribution in [0.15, 0.2) is 18.2 Å². The van der Waals surface area contributed by atoms with Crippen molar-refractivity contribution in [3.05, 3.63) is 29.3 Å². The van der Waals surface area contributed by atoms with Crippen molar-refractivity contribution >= 4 is 17.6 Å². The second-order valence-corrected chi connectivity index (χ2v) is 6.41. The first-order valence-corrected chi connectivity index (χ1v) is 8.17. The van der Waals surface area contributed by atoms with Gasteiger partial charge in [-0.3, -0.25) is 4.79 Å². The highest BCUT2D eigenvalue weighted by atomic mass is 16.3. The number of rotatable bonds is 5. The van der Waals surface area contributed by atoms with Gasteiger partial charge in [0.15, 0.2) is 0 Å². The molecule has 0 aliphatic carbocycles. The zero-order chi connectivity index (χ0) is 17.7. The number of β-amino-alcohol motifs (C(OH)–C–C–N with tert-alkyl or cyclic N) is 1. The predicted octanol–water partition coefficient (Wildman–Crippen LogP) is 0.933. The maximum Gasteiger partial charge on any atom is 0.319 e. The molecule has 1 fully saturated rings. The van der Waals surface area contributed by atoms with Crippen LogP contribution in [0, 0.1) is 6.92 Å². The first-order valence-electron chi connectivity index (χ1n) is 8.17. The minimum atomic E-state index is -0.885. The second kappa shape index (κ2) is 7.63. The lowest BCUT2D eigenvalue weighted by molar-refractivity contribution is 0.0546. The van der Waals surface area contributed by atoms with Gasteiger partial charge in [0.25, 0.3) is 5.91 Å². The Kier molecular flexibility index (Phi) is 5.80. The highest BCUT2D eigenvalue weighted by Crippen LogP contribution is 2.19. The third-order valence-electron chi connectivity index (χ3n) is 4.19. The lowest BCUT2D eigenvalue weighted by atomic mass is 10.0. The zero-order valence-electron chi connectivity index (χ0n) is 14.5. The van der Waals surface area contributed by atoms with E-state index >= 15 is 0 Å². The molecule has 1 aromatic rings. The van der Waals surface area contributed by atoms with Crippen LogP contribution in [0.4, 0.5) is 10.5 Å². The Morgan fingerprint density at radius 3 is 2.71 bits per heavy atom. The summed E-state index contributed by atoms with van der Waals surface area (Å²) in [5.41, 5.74) is 1.04. The molecule has 0 aromatic heterocycles. The van der Waals surface area contributed by atoms with Crippen LogP contribution in [-0.2, 0) is 0 Å². The number of aliphatic hydroxyl groups is 1. The number of hydrogen-bond acceptors (Lipinski definition) is 4. The van der Waals surface area contributed by atoms with E-state index in [2.05, 4.69) is 16.0 Å². The van der Waals surface area contributed by atoms with Crippen LogP contribution < -0.4 is 16.0 Å². The van der Waals surface area contributed by atoms with Crippen molar-refractivity contribution in [1.82, 2.24) is 15.5 Å². The molecule has 24 heavy (non-hydrogen) atoms. The number of anilines is 1. The van der Waals surface area contributed by atoms with Gasteiger partial charge in [0.05, 0.1) is 5.60 Å². The smallest absolute Gasteiger partial charge is 0.319 e. The van der Waals surface area contributed by atoms with Crippen LogP contribution in [0.1, 0.15) is 29.3 Å². The molecule has 1 heterocycles. The number of aryl methyl sites for hydroxylation is 1. The van der Waals surface area contributed by atoms with Gasteiger partial charge < -0.3 is 26.0 Å². The SMILES string of the molecule is CCNC(=O)c1ccc(C)c(NC(=O)NC[C@@]2(O)CCN(C)C2)c1. The van der Waals surface area contributed by atoms with Gasteiger partial charge in [-0.15, -0.1) is 0 Å². The van der Waals surface area contributed by atoms with Crippen molar-refractivity contribution in [2.45, 2.75) is 25.9 Å². The van der Waals surface area contributed by atoms with Gasteiger partial charge >= 0.3 is 6.03 Å². The van der Waals surface area contributed by atoms with Crippen LogP contribution in [0.2, 0.25) is 0 Å². The third kappa shape index (κ3) is 4.69. The molecule has 1 atom stereocenters. The van der Waals surface area contributed by atoms with Crippen molar-refractivity contribution in [2.24, 2.45) is 0 Å². The molecule has 1 saturated heterocycles. The molecule has 0 saturated carbocycles. The Labute approximate surface area is 142 Å². The van der Waals surface area contributed by atoms with Gasteiger partial charge in [0.1, 0.15) is 0 Å². The molecule has 7 nitrogen and oxygen atoms in total. The van der Waals surface area contributed by atoms with E-state index in [0.717, 1.165) is 12.1 Å². The van der Waals surface area contributed by atoms with E-state index in [1.54, 1.807) is 18.2 Å². The van der Waals surface area contributed by atoms with E-state index in [1.807, 2.05) is 25.8 Å². The summed E-state index contributed by atoms with van der Waals surface area (Å²) < 4.78 is 0. The molecule has 0 spiro atoms. The number of carbonyl (C=O) groups excluding carboxylic acids is 2. The van der Waals surface area contributed by atoms with Crippen molar-refractivity contribution in [3.8, 4) is 0 Å². The van der Waals surface area contributed by atoms with Gasteiger partial charge in [-0.05, 0) is 45.0 Å². The summed E-state index contributed by atoms with van der Waals surface area (Å²) in [7, 11) is 1.94. The van der Waals surface area contributed by atoms with Gasteiger partial charge in [-0.2, -0.15) is 0 Å². The number of likely N-dealkylation sites (tertiary alicyclic amines) is 1. The van der Waals surface area contributed by atoms with E-state index in [9.17, 15) is 14.7 Å². The van der Waals surface area contributed by atoms with Crippen LogP contribution in [0.25, 0.3) is 0 Å².